The fourth-order valence-electron chi connectivity index (χ4n) is 4.05. The Morgan fingerprint density at radius 1 is 0.704 bits per heavy atom. The van der Waals surface area contributed by atoms with Crippen molar-refractivity contribution in [3.8, 4) is 33.6 Å². The summed E-state index contributed by atoms with van der Waals surface area (Å²) in [6, 6.07) is 15.6. The molecule has 0 amide bonds. The van der Waals surface area contributed by atoms with Crippen molar-refractivity contribution >= 4 is 0 Å². The summed E-state index contributed by atoms with van der Waals surface area (Å²) < 4.78 is 11.5. The molecule has 0 bridgehead atoms. The van der Waals surface area contributed by atoms with E-state index in [1.807, 2.05) is 20.1 Å². The summed E-state index contributed by atoms with van der Waals surface area (Å²) in [6.07, 6.45) is 2.83. The molecule has 1 aliphatic rings. The highest BCUT2D eigenvalue weighted by Gasteiger charge is 2.21. The lowest BCUT2D eigenvalue weighted by Gasteiger charge is -2.05. The first-order valence-electron chi connectivity index (χ1n) is 9.40. The standard InChI is InChI=1S/C25H22O2/c1-14-9-25(27-16(14)3)19-6-8-23-21(11-19)12-20-10-18(5-7-22(20)23)24-13-26-17(4)15(24)2/h5-11,13H,12H2,1-4H3. The van der Waals surface area contributed by atoms with E-state index in [2.05, 4.69) is 56.3 Å². The summed E-state index contributed by atoms with van der Waals surface area (Å²) in [5.41, 5.74) is 11.4. The van der Waals surface area contributed by atoms with Gasteiger partial charge in [0.2, 0.25) is 0 Å². The molecule has 2 aromatic heterocycles. The predicted octanol–water partition coefficient (Wildman–Crippen LogP) is 7.01. The molecule has 0 fully saturated rings. The predicted molar refractivity (Wildman–Crippen MR) is 109 cm³/mol. The zero-order valence-electron chi connectivity index (χ0n) is 16.1. The highest BCUT2D eigenvalue weighted by Crippen LogP contribution is 2.41. The van der Waals surface area contributed by atoms with Crippen molar-refractivity contribution in [1.82, 2.24) is 0 Å². The molecule has 0 N–H and O–H groups in total. The number of rotatable bonds is 2. The maximum atomic E-state index is 5.92. The quantitative estimate of drug-likeness (QED) is 0.341. The van der Waals surface area contributed by atoms with Crippen LogP contribution in [0.25, 0.3) is 33.6 Å². The molecular formula is C25H22O2. The van der Waals surface area contributed by atoms with E-state index >= 15 is 0 Å². The molecule has 0 radical (unpaired) electrons. The molecular weight excluding hydrogens is 332 g/mol. The van der Waals surface area contributed by atoms with Crippen LogP contribution in [0.2, 0.25) is 0 Å². The van der Waals surface area contributed by atoms with E-state index in [-0.39, 0.29) is 0 Å². The zero-order chi connectivity index (χ0) is 18.7. The second kappa shape index (κ2) is 5.75. The minimum Gasteiger partial charge on any atom is -0.469 e. The van der Waals surface area contributed by atoms with E-state index in [1.165, 1.54) is 44.5 Å². The summed E-state index contributed by atoms with van der Waals surface area (Å²) in [5, 5.41) is 0. The Hall–Kier alpha value is -3.00. The molecule has 4 aromatic rings. The van der Waals surface area contributed by atoms with Crippen LogP contribution in [0.15, 0.2) is 57.6 Å². The third kappa shape index (κ3) is 2.48. The number of hydrogen-bond acceptors (Lipinski definition) is 2. The molecule has 2 heterocycles. The first-order chi connectivity index (χ1) is 13.0. The van der Waals surface area contributed by atoms with Crippen LogP contribution < -0.4 is 0 Å². The molecule has 0 saturated heterocycles. The van der Waals surface area contributed by atoms with Crippen LogP contribution in [0.1, 0.15) is 33.8 Å². The van der Waals surface area contributed by atoms with E-state index in [0.29, 0.717) is 0 Å². The summed E-state index contributed by atoms with van der Waals surface area (Å²) in [7, 11) is 0. The maximum Gasteiger partial charge on any atom is 0.134 e. The Labute approximate surface area is 159 Å². The van der Waals surface area contributed by atoms with Gasteiger partial charge in [-0.3, -0.25) is 0 Å². The highest BCUT2D eigenvalue weighted by molar-refractivity contribution is 5.82. The topological polar surface area (TPSA) is 26.3 Å². The lowest BCUT2D eigenvalue weighted by atomic mass is 9.98. The highest BCUT2D eigenvalue weighted by atomic mass is 16.3. The third-order valence-corrected chi connectivity index (χ3v) is 5.93. The van der Waals surface area contributed by atoms with Crippen LogP contribution in [0.3, 0.4) is 0 Å². The second-order valence-corrected chi connectivity index (χ2v) is 7.60. The SMILES string of the molecule is Cc1cc(-c2ccc3c(c2)Cc2cc(-c4coc(C)c4C)ccc2-3)oc1C. The van der Waals surface area contributed by atoms with Gasteiger partial charge >= 0.3 is 0 Å². The van der Waals surface area contributed by atoms with Crippen LogP contribution in [0, 0.1) is 27.7 Å². The molecule has 0 spiro atoms. The van der Waals surface area contributed by atoms with Gasteiger partial charge in [-0.05, 0) is 85.2 Å². The first-order valence-corrected chi connectivity index (χ1v) is 9.40. The van der Waals surface area contributed by atoms with Crippen molar-refractivity contribution < 1.29 is 8.83 Å². The number of benzene rings is 2. The van der Waals surface area contributed by atoms with Crippen molar-refractivity contribution in [2.75, 3.05) is 0 Å². The van der Waals surface area contributed by atoms with Gasteiger partial charge in [-0.15, -0.1) is 0 Å². The van der Waals surface area contributed by atoms with Gasteiger partial charge in [-0.1, -0.05) is 30.3 Å². The van der Waals surface area contributed by atoms with Gasteiger partial charge in [0.15, 0.2) is 0 Å². The Kier molecular flexibility index (Phi) is 3.45. The van der Waals surface area contributed by atoms with Gasteiger partial charge in [0, 0.05) is 11.1 Å². The fraction of sp³-hybridized carbons (Fsp3) is 0.200. The average molecular weight is 354 g/mol. The average Bonchev–Trinajstić information content (AvgIpc) is 3.30. The Morgan fingerprint density at radius 3 is 1.96 bits per heavy atom. The first kappa shape index (κ1) is 16.2. The number of furan rings is 2. The van der Waals surface area contributed by atoms with Gasteiger partial charge in [-0.25, -0.2) is 0 Å². The summed E-state index contributed by atoms with van der Waals surface area (Å²) in [6.45, 7) is 8.24. The molecule has 1 aliphatic carbocycles. The minimum absolute atomic E-state index is 0.953. The van der Waals surface area contributed by atoms with E-state index in [1.54, 1.807) is 0 Å². The largest absolute Gasteiger partial charge is 0.469 e. The summed E-state index contributed by atoms with van der Waals surface area (Å²) >= 11 is 0. The van der Waals surface area contributed by atoms with Crippen LogP contribution >= 0.6 is 0 Å². The number of fused-ring (bicyclic) bond motifs is 3. The third-order valence-electron chi connectivity index (χ3n) is 5.93. The Morgan fingerprint density at radius 2 is 1.37 bits per heavy atom. The molecule has 0 saturated carbocycles. The van der Waals surface area contributed by atoms with E-state index in [0.717, 1.165) is 29.3 Å². The Bertz CT molecular complexity index is 1170. The Balaban J connectivity index is 1.54. The lowest BCUT2D eigenvalue weighted by molar-refractivity contribution is 0.532. The molecule has 0 unspecified atom stereocenters. The zero-order valence-corrected chi connectivity index (χ0v) is 16.1. The van der Waals surface area contributed by atoms with Crippen LogP contribution in [-0.2, 0) is 6.42 Å². The van der Waals surface area contributed by atoms with Gasteiger partial charge in [0.05, 0.1) is 6.26 Å². The summed E-state index contributed by atoms with van der Waals surface area (Å²) in [4.78, 5) is 0. The fourth-order valence-corrected chi connectivity index (χ4v) is 4.05. The smallest absolute Gasteiger partial charge is 0.134 e. The molecule has 2 nitrogen and oxygen atoms in total. The van der Waals surface area contributed by atoms with Crippen molar-refractivity contribution in [2.45, 2.75) is 34.1 Å². The normalized spacial score (nSPS) is 12.3. The number of aryl methyl sites for hydroxylation is 3. The van der Waals surface area contributed by atoms with Crippen molar-refractivity contribution in [3.05, 3.63) is 82.5 Å². The van der Waals surface area contributed by atoms with Crippen molar-refractivity contribution in [1.29, 1.82) is 0 Å². The van der Waals surface area contributed by atoms with E-state index in [9.17, 15) is 0 Å². The van der Waals surface area contributed by atoms with Crippen LogP contribution in [-0.4, -0.2) is 0 Å². The molecule has 27 heavy (non-hydrogen) atoms. The monoisotopic (exact) mass is 354 g/mol. The minimum atomic E-state index is 0.953. The molecule has 2 aromatic carbocycles. The molecule has 134 valence electrons. The van der Waals surface area contributed by atoms with Gasteiger partial charge in [0.1, 0.15) is 17.3 Å². The van der Waals surface area contributed by atoms with E-state index < -0.39 is 0 Å². The maximum absolute atomic E-state index is 5.92. The molecule has 0 atom stereocenters. The van der Waals surface area contributed by atoms with Gasteiger partial charge < -0.3 is 8.83 Å². The second-order valence-electron chi connectivity index (χ2n) is 7.60. The van der Waals surface area contributed by atoms with Crippen molar-refractivity contribution in [3.63, 3.8) is 0 Å². The van der Waals surface area contributed by atoms with Crippen LogP contribution in [0.5, 0.6) is 0 Å². The van der Waals surface area contributed by atoms with Crippen LogP contribution in [0.4, 0.5) is 0 Å². The van der Waals surface area contributed by atoms with Gasteiger partial charge in [-0.2, -0.15) is 0 Å². The van der Waals surface area contributed by atoms with E-state index in [4.69, 9.17) is 8.83 Å². The molecule has 2 heteroatoms. The lowest BCUT2D eigenvalue weighted by Crippen LogP contribution is -1.84. The molecule has 5 rings (SSSR count). The van der Waals surface area contributed by atoms with Gasteiger partial charge in [0.25, 0.3) is 0 Å². The van der Waals surface area contributed by atoms with Crippen molar-refractivity contribution in [2.24, 2.45) is 0 Å². The molecule has 0 aliphatic heterocycles. The number of hydrogen-bond donors (Lipinski definition) is 0. The summed E-state index contributed by atoms with van der Waals surface area (Å²) in [5.74, 6) is 2.93.